The van der Waals surface area contributed by atoms with Crippen LogP contribution in [0.3, 0.4) is 0 Å². The number of piperidine rings is 2. The van der Waals surface area contributed by atoms with Crippen molar-refractivity contribution in [3.05, 3.63) is 29.1 Å². The van der Waals surface area contributed by atoms with Crippen molar-refractivity contribution in [1.29, 1.82) is 0 Å². The summed E-state index contributed by atoms with van der Waals surface area (Å²) in [5.74, 6) is 0.307. The largest absolute Gasteiger partial charge is 0.620 e. The van der Waals surface area contributed by atoms with Gasteiger partial charge < -0.3 is 10.5 Å². The smallest absolute Gasteiger partial charge is 0.343 e. The van der Waals surface area contributed by atoms with Crippen LogP contribution in [0.25, 0.3) is 0 Å². The Morgan fingerprint density at radius 3 is 3.20 bits per heavy atom. The minimum absolute atomic E-state index is 0.254. The molecule has 0 radical (unpaired) electrons. The third-order valence-corrected chi connectivity index (χ3v) is 3.65. The molecule has 3 aliphatic rings. The monoisotopic (exact) mass is 206 g/mol. The fraction of sp³-hybridized carbons (Fsp3) is 0.545. The van der Waals surface area contributed by atoms with E-state index in [4.69, 9.17) is 0 Å². The van der Waals surface area contributed by atoms with Crippen molar-refractivity contribution in [2.24, 2.45) is 11.8 Å². The van der Waals surface area contributed by atoms with Gasteiger partial charge in [-0.2, -0.15) is 0 Å². The molecular weight excluding hydrogens is 192 g/mol. The van der Waals surface area contributed by atoms with Gasteiger partial charge in [-0.25, -0.2) is 4.79 Å². The van der Waals surface area contributed by atoms with E-state index in [2.05, 4.69) is 5.32 Å². The molecule has 3 atom stereocenters. The Morgan fingerprint density at radius 2 is 2.33 bits per heavy atom. The highest BCUT2D eigenvalue weighted by atomic mass is 16.6. The molecule has 1 unspecified atom stereocenters. The van der Waals surface area contributed by atoms with Crippen molar-refractivity contribution in [2.45, 2.75) is 6.42 Å². The molecule has 0 spiro atoms. The number of nitrogens with zero attached hydrogens (tertiary/aromatic N) is 1. The van der Waals surface area contributed by atoms with Gasteiger partial charge in [-0.3, -0.25) is 4.65 Å². The van der Waals surface area contributed by atoms with Crippen molar-refractivity contribution < 1.29 is 9.44 Å². The standard InChI is InChI=1S/C11H14N2O2/c14-11-3-1-2-10-9-4-8(5-12-6-9)7-13(10,11)15/h1-3,8-9,12H,4-7H2/t8-,9+,13?/m0/s1. The first-order chi connectivity index (χ1) is 7.20. The molecule has 3 aliphatic heterocycles. The highest BCUT2D eigenvalue weighted by molar-refractivity contribution is 5.84. The lowest BCUT2D eigenvalue weighted by Gasteiger charge is -2.51. The van der Waals surface area contributed by atoms with Gasteiger partial charge in [-0.15, -0.1) is 0 Å². The number of allylic oxidation sites excluding steroid dienone is 2. The molecule has 2 fully saturated rings. The number of rotatable bonds is 0. The predicted octanol–water partition coefficient (Wildman–Crippen LogP) is 0.521. The maximum absolute atomic E-state index is 12.5. The lowest BCUT2D eigenvalue weighted by molar-refractivity contribution is -0.777. The summed E-state index contributed by atoms with van der Waals surface area (Å²) in [4.78, 5) is 11.7. The molecule has 2 bridgehead atoms. The summed E-state index contributed by atoms with van der Waals surface area (Å²) >= 11 is 0. The first kappa shape index (κ1) is 9.27. The Balaban J connectivity index is 2.04. The second-order valence-electron chi connectivity index (χ2n) is 4.67. The van der Waals surface area contributed by atoms with Crippen LogP contribution in [0.15, 0.2) is 23.9 Å². The molecule has 3 heterocycles. The van der Waals surface area contributed by atoms with E-state index in [1.165, 1.54) is 6.08 Å². The first-order valence-electron chi connectivity index (χ1n) is 5.43. The van der Waals surface area contributed by atoms with Crippen LogP contribution in [0.2, 0.25) is 0 Å². The van der Waals surface area contributed by atoms with Crippen LogP contribution in [-0.2, 0) is 4.79 Å². The van der Waals surface area contributed by atoms with E-state index >= 15 is 0 Å². The van der Waals surface area contributed by atoms with E-state index in [0.717, 1.165) is 25.2 Å². The van der Waals surface area contributed by atoms with Gasteiger partial charge in [0.2, 0.25) is 0 Å². The fourth-order valence-corrected chi connectivity index (χ4v) is 2.98. The number of nitrogens with one attached hydrogen (secondary N) is 1. The minimum Gasteiger partial charge on any atom is -0.620 e. The van der Waals surface area contributed by atoms with E-state index in [0.29, 0.717) is 12.5 Å². The van der Waals surface area contributed by atoms with Crippen LogP contribution in [-0.4, -0.2) is 30.2 Å². The second-order valence-corrected chi connectivity index (χ2v) is 4.67. The molecule has 4 nitrogen and oxygen atoms in total. The van der Waals surface area contributed by atoms with E-state index in [9.17, 15) is 10.0 Å². The number of quaternary nitrogens is 1. The fourth-order valence-electron chi connectivity index (χ4n) is 2.98. The van der Waals surface area contributed by atoms with Gasteiger partial charge >= 0.3 is 5.91 Å². The summed E-state index contributed by atoms with van der Waals surface area (Å²) in [5, 5.41) is 15.8. The highest BCUT2D eigenvalue weighted by Crippen LogP contribution is 2.39. The molecule has 4 heteroatoms. The van der Waals surface area contributed by atoms with Gasteiger partial charge in [0.25, 0.3) is 0 Å². The van der Waals surface area contributed by atoms with Crippen molar-refractivity contribution in [2.75, 3.05) is 19.6 Å². The number of fused-ring (bicyclic) bond motifs is 4. The molecule has 0 aliphatic carbocycles. The topological polar surface area (TPSA) is 52.2 Å². The van der Waals surface area contributed by atoms with E-state index in [-0.39, 0.29) is 11.8 Å². The number of hydrogen-bond donors (Lipinski definition) is 1. The SMILES string of the molecule is O=C1C=CC=C2[C@H]3CNC[C@H](C3)C[N+]12[O-]. The van der Waals surface area contributed by atoms with Crippen LogP contribution in [0.5, 0.6) is 0 Å². The van der Waals surface area contributed by atoms with Crippen molar-refractivity contribution in [3.8, 4) is 0 Å². The summed E-state index contributed by atoms with van der Waals surface area (Å²) in [5.41, 5.74) is 0.756. The molecule has 0 aromatic rings. The Kier molecular flexibility index (Phi) is 1.86. The highest BCUT2D eigenvalue weighted by Gasteiger charge is 2.45. The van der Waals surface area contributed by atoms with Crippen molar-refractivity contribution in [1.82, 2.24) is 5.32 Å². The van der Waals surface area contributed by atoms with Crippen LogP contribution in [0, 0.1) is 17.0 Å². The number of amides is 1. The number of carbonyl (C=O) groups is 1. The molecular formula is C11H14N2O2. The lowest BCUT2D eigenvalue weighted by Crippen LogP contribution is -2.60. The van der Waals surface area contributed by atoms with Crippen molar-refractivity contribution in [3.63, 3.8) is 0 Å². The zero-order valence-electron chi connectivity index (χ0n) is 8.48. The lowest BCUT2D eigenvalue weighted by atomic mass is 9.82. The molecule has 3 rings (SSSR count). The molecule has 0 saturated carbocycles. The van der Waals surface area contributed by atoms with E-state index < -0.39 is 4.65 Å². The zero-order valence-corrected chi connectivity index (χ0v) is 8.48. The Morgan fingerprint density at radius 1 is 1.47 bits per heavy atom. The summed E-state index contributed by atoms with van der Waals surface area (Å²) in [6.45, 7) is 2.13. The van der Waals surface area contributed by atoms with Gasteiger partial charge in [0.05, 0.1) is 6.54 Å². The summed E-state index contributed by atoms with van der Waals surface area (Å²) in [7, 11) is 0. The predicted molar refractivity (Wildman–Crippen MR) is 55.2 cm³/mol. The van der Waals surface area contributed by atoms with Crippen molar-refractivity contribution >= 4 is 5.91 Å². The van der Waals surface area contributed by atoms with Gasteiger partial charge in [-0.05, 0) is 18.6 Å². The Hall–Kier alpha value is -0.970. The van der Waals surface area contributed by atoms with Gasteiger partial charge in [-0.1, -0.05) is 0 Å². The van der Waals surface area contributed by atoms with Gasteiger partial charge in [0, 0.05) is 31.0 Å². The van der Waals surface area contributed by atoms with Gasteiger partial charge in [0.1, 0.15) is 5.70 Å². The van der Waals surface area contributed by atoms with Crippen LogP contribution in [0.4, 0.5) is 0 Å². The summed E-state index contributed by atoms with van der Waals surface area (Å²) < 4.78 is -0.715. The maximum atomic E-state index is 12.5. The summed E-state index contributed by atoms with van der Waals surface area (Å²) in [6.07, 6.45) is 6.01. The third kappa shape index (κ3) is 1.22. The first-order valence-corrected chi connectivity index (χ1v) is 5.43. The molecule has 1 N–H and O–H groups in total. The van der Waals surface area contributed by atoms with Crippen LogP contribution >= 0.6 is 0 Å². The number of carbonyl (C=O) groups excluding carboxylic acids is 1. The average molecular weight is 206 g/mol. The normalized spacial score (nSPS) is 43.5. The maximum Gasteiger partial charge on any atom is 0.343 e. The molecule has 2 saturated heterocycles. The second kappa shape index (κ2) is 3.01. The number of hydrogen-bond acceptors (Lipinski definition) is 3. The quantitative estimate of drug-likeness (QED) is 0.464. The molecule has 1 amide bonds. The number of hydroxylamine groups is 3. The molecule has 80 valence electrons. The average Bonchev–Trinajstić information content (AvgIpc) is 2.21. The molecule has 0 aromatic heterocycles. The third-order valence-electron chi connectivity index (χ3n) is 3.65. The zero-order chi connectivity index (χ0) is 10.5. The Labute approximate surface area is 88.4 Å². The van der Waals surface area contributed by atoms with E-state index in [1.807, 2.05) is 6.08 Å². The van der Waals surface area contributed by atoms with E-state index in [1.54, 1.807) is 6.08 Å². The van der Waals surface area contributed by atoms with Crippen LogP contribution in [0.1, 0.15) is 6.42 Å². The minimum atomic E-state index is -0.715. The van der Waals surface area contributed by atoms with Gasteiger partial charge in [0.15, 0.2) is 0 Å². The Bertz CT molecular complexity index is 375. The van der Waals surface area contributed by atoms with Crippen LogP contribution < -0.4 is 5.32 Å². The molecule has 15 heavy (non-hydrogen) atoms. The molecule has 0 aromatic carbocycles. The summed E-state index contributed by atoms with van der Waals surface area (Å²) in [6, 6.07) is 0.